The number of fused-ring (bicyclic) bond motifs is 2. The Hall–Kier alpha value is -3.44. The lowest BCUT2D eigenvalue weighted by molar-refractivity contribution is 0.0538. The van der Waals surface area contributed by atoms with Gasteiger partial charge in [0.25, 0.3) is 15.9 Å². The molecule has 3 aromatic rings. The zero-order valence-corrected chi connectivity index (χ0v) is 23.8. The number of cyclic esters (lactones) is 1. The second kappa shape index (κ2) is 10.5. The molecule has 1 N–H and O–H groups in total. The molecule has 0 spiro atoms. The highest BCUT2D eigenvalue weighted by molar-refractivity contribution is 7.89. The van der Waals surface area contributed by atoms with E-state index in [1.54, 1.807) is 34.1 Å². The molecule has 11 nitrogen and oxygen atoms in total. The van der Waals surface area contributed by atoms with Crippen molar-refractivity contribution in [2.75, 3.05) is 52.9 Å². The van der Waals surface area contributed by atoms with Gasteiger partial charge in [-0.15, -0.1) is 17.8 Å². The first kappa shape index (κ1) is 26.8. The maximum Gasteiger partial charge on any atom is 0.409 e. The Bertz CT molecular complexity index is 1620. The fraction of sp³-hybridized carbons (Fsp3) is 0.444. The zero-order chi connectivity index (χ0) is 28.0. The normalized spacial score (nSPS) is 20.5. The summed E-state index contributed by atoms with van der Waals surface area (Å²) < 4.78 is 33.9. The molecule has 40 heavy (non-hydrogen) atoms. The minimum Gasteiger partial charge on any atom is -0.448 e. The zero-order valence-electron chi connectivity index (χ0n) is 22.1. The molecule has 2 amide bonds. The molecule has 5 heterocycles. The number of ether oxygens (including phenoxy) is 1. The van der Waals surface area contributed by atoms with Crippen LogP contribution < -0.4 is 0 Å². The van der Waals surface area contributed by atoms with Crippen LogP contribution >= 0.6 is 11.3 Å². The SMILES string of the molecule is C#Cc1ccc2[nH]c(S(=O)(=O)N3CCN(C(=O)c4nc5c(s4)CN(C)CC5)C(CCN4CCOC4=O)C3)cc2c1. The number of terminal acetylenes is 1. The first-order valence-corrected chi connectivity index (χ1v) is 15.5. The minimum atomic E-state index is -3.88. The van der Waals surface area contributed by atoms with E-state index in [1.807, 2.05) is 7.05 Å². The molecule has 0 radical (unpaired) electrons. The molecule has 3 aliphatic rings. The molecule has 1 atom stereocenters. The summed E-state index contributed by atoms with van der Waals surface area (Å²) in [5.41, 5.74) is 2.31. The number of likely N-dealkylation sites (N-methyl/N-ethyl adjacent to an activating group) is 1. The van der Waals surface area contributed by atoms with E-state index < -0.39 is 16.1 Å². The van der Waals surface area contributed by atoms with Crippen molar-refractivity contribution in [3.05, 3.63) is 45.4 Å². The van der Waals surface area contributed by atoms with Crippen molar-refractivity contribution in [3.8, 4) is 12.3 Å². The summed E-state index contributed by atoms with van der Waals surface area (Å²) in [5, 5.41) is 1.22. The number of aromatic amines is 1. The van der Waals surface area contributed by atoms with Gasteiger partial charge in [-0.25, -0.2) is 18.2 Å². The van der Waals surface area contributed by atoms with Crippen LogP contribution in [0, 0.1) is 12.3 Å². The first-order chi connectivity index (χ1) is 19.2. The number of nitrogens with zero attached hydrogens (tertiary/aromatic N) is 5. The summed E-state index contributed by atoms with van der Waals surface area (Å²) in [6, 6.07) is 6.45. The van der Waals surface area contributed by atoms with Crippen molar-refractivity contribution in [2.24, 2.45) is 0 Å². The Balaban J connectivity index is 1.25. The number of nitrogens with one attached hydrogen (secondary N) is 1. The fourth-order valence-electron chi connectivity index (χ4n) is 5.50. The topological polar surface area (TPSA) is 119 Å². The summed E-state index contributed by atoms with van der Waals surface area (Å²) in [5.74, 6) is 2.37. The highest BCUT2D eigenvalue weighted by Crippen LogP contribution is 2.29. The van der Waals surface area contributed by atoms with Crippen LogP contribution in [0.15, 0.2) is 29.3 Å². The molecule has 0 aliphatic carbocycles. The van der Waals surface area contributed by atoms with Gasteiger partial charge >= 0.3 is 6.09 Å². The number of carbonyl (C=O) groups excluding carboxylic acids is 2. The van der Waals surface area contributed by atoms with E-state index >= 15 is 0 Å². The third-order valence-corrected chi connectivity index (χ3v) is 10.6. The van der Waals surface area contributed by atoms with E-state index in [0.717, 1.165) is 30.1 Å². The predicted octanol–water partition coefficient (Wildman–Crippen LogP) is 1.95. The lowest BCUT2D eigenvalue weighted by atomic mass is 10.1. The van der Waals surface area contributed by atoms with Crippen molar-refractivity contribution in [2.45, 2.75) is 30.5 Å². The average molecular weight is 583 g/mol. The monoisotopic (exact) mass is 582 g/mol. The number of aromatic nitrogens is 2. The number of carbonyl (C=O) groups is 2. The Morgan fingerprint density at radius 2 is 2.10 bits per heavy atom. The number of hydrogen-bond acceptors (Lipinski definition) is 8. The lowest BCUT2D eigenvalue weighted by Gasteiger charge is -2.40. The molecule has 2 saturated heterocycles. The minimum absolute atomic E-state index is 0.0787. The summed E-state index contributed by atoms with van der Waals surface area (Å²) >= 11 is 1.42. The van der Waals surface area contributed by atoms with Gasteiger partial charge in [0.05, 0.1) is 12.2 Å². The van der Waals surface area contributed by atoms with E-state index in [0.29, 0.717) is 47.6 Å². The van der Waals surface area contributed by atoms with Crippen molar-refractivity contribution < 1.29 is 22.7 Å². The summed E-state index contributed by atoms with van der Waals surface area (Å²) in [6.07, 6.45) is 6.33. The summed E-state index contributed by atoms with van der Waals surface area (Å²) in [4.78, 5) is 40.1. The molecule has 6 rings (SSSR count). The molecular formula is C27H30N6O5S2. The van der Waals surface area contributed by atoms with Crippen molar-refractivity contribution in [3.63, 3.8) is 0 Å². The van der Waals surface area contributed by atoms with Gasteiger partial charge in [0.15, 0.2) is 5.01 Å². The number of rotatable bonds is 6. The van der Waals surface area contributed by atoms with Crippen LogP contribution in [-0.4, -0.2) is 108 Å². The Kier molecular flexibility index (Phi) is 7.03. The third kappa shape index (κ3) is 4.96. The highest BCUT2D eigenvalue weighted by Gasteiger charge is 2.39. The van der Waals surface area contributed by atoms with Gasteiger partial charge in [0.1, 0.15) is 11.6 Å². The maximum atomic E-state index is 13.7. The van der Waals surface area contributed by atoms with Crippen LogP contribution in [0.3, 0.4) is 0 Å². The van der Waals surface area contributed by atoms with Gasteiger partial charge < -0.3 is 24.4 Å². The third-order valence-electron chi connectivity index (χ3n) is 7.77. The van der Waals surface area contributed by atoms with E-state index in [9.17, 15) is 18.0 Å². The Labute approximate surface area is 236 Å². The van der Waals surface area contributed by atoms with Gasteiger partial charge in [-0.05, 0) is 37.7 Å². The van der Waals surface area contributed by atoms with E-state index in [1.165, 1.54) is 15.6 Å². The molecule has 1 aromatic carbocycles. The number of H-pyrrole nitrogens is 1. The fourth-order valence-corrected chi connectivity index (χ4v) is 8.13. The highest BCUT2D eigenvalue weighted by atomic mass is 32.2. The number of amides is 2. The van der Waals surface area contributed by atoms with Gasteiger partial charge in [-0.1, -0.05) is 5.92 Å². The van der Waals surface area contributed by atoms with Gasteiger partial charge in [-0.3, -0.25) is 4.79 Å². The van der Waals surface area contributed by atoms with Crippen LogP contribution in [0.2, 0.25) is 0 Å². The van der Waals surface area contributed by atoms with Crippen molar-refractivity contribution in [1.29, 1.82) is 0 Å². The Morgan fingerprint density at radius 3 is 2.88 bits per heavy atom. The van der Waals surface area contributed by atoms with Gasteiger partial charge in [-0.2, -0.15) is 4.31 Å². The smallest absolute Gasteiger partial charge is 0.409 e. The molecule has 1 unspecified atom stereocenters. The summed E-state index contributed by atoms with van der Waals surface area (Å²) in [7, 11) is -1.84. The second-order valence-electron chi connectivity index (χ2n) is 10.4. The van der Waals surface area contributed by atoms with Crippen LogP contribution in [0.25, 0.3) is 10.9 Å². The number of sulfonamides is 1. The average Bonchev–Trinajstić information content (AvgIpc) is 3.68. The molecule has 2 aromatic heterocycles. The van der Waals surface area contributed by atoms with Crippen molar-refractivity contribution >= 4 is 44.3 Å². The second-order valence-corrected chi connectivity index (χ2v) is 13.4. The lowest BCUT2D eigenvalue weighted by Crippen LogP contribution is -2.57. The Morgan fingerprint density at radius 1 is 1.25 bits per heavy atom. The first-order valence-electron chi connectivity index (χ1n) is 13.2. The van der Waals surface area contributed by atoms with Gasteiger partial charge in [0.2, 0.25) is 0 Å². The van der Waals surface area contributed by atoms with Crippen molar-refractivity contribution in [1.82, 2.24) is 29.0 Å². The van der Waals surface area contributed by atoms with Crippen LogP contribution in [0.1, 0.15) is 32.4 Å². The predicted molar refractivity (Wildman–Crippen MR) is 150 cm³/mol. The number of hydrogen-bond donors (Lipinski definition) is 1. The standard InChI is InChI=1S/C27H30N6O5S2/c1-3-18-4-5-21-19(14-18)15-24(28-21)40(36,37)32-10-11-33(20(16-32)6-9-31-12-13-38-27(31)35)26(34)25-29-22-7-8-30(2)17-23(22)39-25/h1,4-5,14-15,20,28H,6-13,16-17H2,2H3. The molecule has 3 aliphatic heterocycles. The molecular weight excluding hydrogens is 552 g/mol. The van der Waals surface area contributed by atoms with Crippen LogP contribution in [-0.2, 0) is 27.7 Å². The largest absolute Gasteiger partial charge is 0.448 e. The molecule has 2 fully saturated rings. The van der Waals surface area contributed by atoms with Crippen LogP contribution in [0.5, 0.6) is 0 Å². The number of benzene rings is 1. The summed E-state index contributed by atoms with van der Waals surface area (Å²) in [6.45, 7) is 3.30. The molecule has 0 saturated carbocycles. The number of thiazole rings is 1. The maximum absolute atomic E-state index is 13.7. The molecule has 0 bridgehead atoms. The number of piperazine rings is 1. The van der Waals surface area contributed by atoms with E-state index in [4.69, 9.17) is 11.2 Å². The molecule has 210 valence electrons. The van der Waals surface area contributed by atoms with Gasteiger partial charge in [0, 0.05) is 73.1 Å². The van der Waals surface area contributed by atoms with E-state index in [-0.39, 0.29) is 36.7 Å². The molecule has 13 heteroatoms. The van der Waals surface area contributed by atoms with Crippen LogP contribution in [0.4, 0.5) is 4.79 Å². The quantitative estimate of drug-likeness (QED) is 0.442. The van der Waals surface area contributed by atoms with E-state index in [2.05, 4.69) is 20.8 Å².